The molecule has 118 valence electrons. The third-order valence-corrected chi connectivity index (χ3v) is 4.73. The zero-order valence-corrected chi connectivity index (χ0v) is 13.9. The Labute approximate surface area is 139 Å². The Balaban J connectivity index is 1.44. The number of halogens is 1. The first-order valence-corrected chi connectivity index (χ1v) is 8.64. The first-order valence-electron chi connectivity index (χ1n) is 7.45. The van der Waals surface area contributed by atoms with Crippen LogP contribution in [-0.2, 0) is 4.74 Å². The quantitative estimate of drug-likeness (QED) is 0.820. The van der Waals surface area contributed by atoms with Crippen LogP contribution in [0.4, 0.5) is 5.13 Å². The van der Waals surface area contributed by atoms with Crippen molar-refractivity contribution < 1.29 is 4.74 Å². The molecule has 1 aromatic heterocycles. The summed E-state index contributed by atoms with van der Waals surface area (Å²) in [5.41, 5.74) is 1.04. The number of hydrogen-bond acceptors (Lipinski definition) is 6. The van der Waals surface area contributed by atoms with Crippen molar-refractivity contribution in [1.82, 2.24) is 15.1 Å². The highest BCUT2D eigenvalue weighted by Crippen LogP contribution is 2.27. The number of aromatic nitrogens is 2. The lowest BCUT2D eigenvalue weighted by Crippen LogP contribution is -2.37. The van der Waals surface area contributed by atoms with E-state index in [0.29, 0.717) is 0 Å². The molecule has 1 aromatic carbocycles. The van der Waals surface area contributed by atoms with Crippen LogP contribution in [0.2, 0.25) is 5.02 Å². The predicted octanol–water partition coefficient (Wildman–Crippen LogP) is 2.99. The van der Waals surface area contributed by atoms with Gasteiger partial charge in [-0.25, -0.2) is 0 Å². The maximum atomic E-state index is 5.90. The highest BCUT2D eigenvalue weighted by atomic mass is 35.5. The molecule has 0 radical (unpaired) electrons. The number of morpholine rings is 1. The molecule has 0 atom stereocenters. The SMILES string of the molecule is Clc1ccc(-c2nnc(NCCCN3CCOCC3)s2)cc1. The van der Waals surface area contributed by atoms with Crippen LogP contribution in [0.1, 0.15) is 6.42 Å². The van der Waals surface area contributed by atoms with Crippen LogP contribution in [0, 0.1) is 0 Å². The van der Waals surface area contributed by atoms with E-state index < -0.39 is 0 Å². The van der Waals surface area contributed by atoms with Gasteiger partial charge in [0.25, 0.3) is 0 Å². The van der Waals surface area contributed by atoms with Crippen LogP contribution in [-0.4, -0.2) is 54.5 Å². The molecule has 5 nitrogen and oxygen atoms in total. The molecule has 1 aliphatic heterocycles. The topological polar surface area (TPSA) is 50.3 Å². The molecule has 0 amide bonds. The van der Waals surface area contributed by atoms with E-state index in [1.807, 2.05) is 24.3 Å². The smallest absolute Gasteiger partial charge is 0.206 e. The zero-order chi connectivity index (χ0) is 15.2. The zero-order valence-electron chi connectivity index (χ0n) is 12.3. The summed E-state index contributed by atoms with van der Waals surface area (Å²) in [5, 5.41) is 14.3. The maximum Gasteiger partial charge on any atom is 0.206 e. The van der Waals surface area contributed by atoms with Gasteiger partial charge in [-0.2, -0.15) is 0 Å². The van der Waals surface area contributed by atoms with Gasteiger partial charge in [0.05, 0.1) is 13.2 Å². The van der Waals surface area contributed by atoms with Crippen LogP contribution in [0.25, 0.3) is 10.6 Å². The van der Waals surface area contributed by atoms with Gasteiger partial charge in [-0.3, -0.25) is 4.90 Å². The second-order valence-corrected chi connectivity index (χ2v) is 6.57. The highest BCUT2D eigenvalue weighted by molar-refractivity contribution is 7.18. The Morgan fingerprint density at radius 1 is 1.18 bits per heavy atom. The molecular formula is C15H19ClN4OS. The Hall–Kier alpha value is -1.21. The summed E-state index contributed by atoms with van der Waals surface area (Å²) in [6.07, 6.45) is 1.09. The van der Waals surface area contributed by atoms with Crippen LogP contribution < -0.4 is 5.32 Å². The summed E-state index contributed by atoms with van der Waals surface area (Å²) < 4.78 is 5.35. The van der Waals surface area contributed by atoms with Gasteiger partial charge in [0.15, 0.2) is 0 Å². The first kappa shape index (κ1) is 15.7. The van der Waals surface area contributed by atoms with Gasteiger partial charge in [-0.05, 0) is 25.1 Å². The van der Waals surface area contributed by atoms with Crippen molar-refractivity contribution >= 4 is 28.1 Å². The summed E-state index contributed by atoms with van der Waals surface area (Å²) in [7, 11) is 0. The molecule has 2 aromatic rings. The van der Waals surface area contributed by atoms with Gasteiger partial charge in [0.2, 0.25) is 5.13 Å². The van der Waals surface area contributed by atoms with E-state index in [1.54, 1.807) is 11.3 Å². The van der Waals surface area contributed by atoms with Crippen molar-refractivity contribution in [3.8, 4) is 10.6 Å². The maximum absolute atomic E-state index is 5.90. The second kappa shape index (κ2) is 7.87. The highest BCUT2D eigenvalue weighted by Gasteiger charge is 2.10. The summed E-state index contributed by atoms with van der Waals surface area (Å²) in [6, 6.07) is 7.66. The standard InChI is InChI=1S/C15H19ClN4OS/c16-13-4-2-12(3-5-13)14-18-19-15(22-14)17-6-1-7-20-8-10-21-11-9-20/h2-5H,1,6-11H2,(H,17,19). The number of nitrogens with one attached hydrogen (secondary N) is 1. The fraction of sp³-hybridized carbons (Fsp3) is 0.467. The predicted molar refractivity (Wildman–Crippen MR) is 90.7 cm³/mol. The number of rotatable bonds is 6. The van der Waals surface area contributed by atoms with Crippen molar-refractivity contribution in [2.45, 2.75) is 6.42 Å². The summed E-state index contributed by atoms with van der Waals surface area (Å²) in [6.45, 7) is 5.80. The molecule has 0 unspecified atom stereocenters. The molecule has 1 saturated heterocycles. The summed E-state index contributed by atoms with van der Waals surface area (Å²) in [4.78, 5) is 2.43. The average molecular weight is 339 g/mol. The Kier molecular flexibility index (Phi) is 5.61. The Bertz CT molecular complexity index is 583. The van der Waals surface area contributed by atoms with Crippen molar-refractivity contribution in [1.29, 1.82) is 0 Å². The van der Waals surface area contributed by atoms with Crippen molar-refractivity contribution in [2.75, 3.05) is 44.7 Å². The fourth-order valence-electron chi connectivity index (χ4n) is 2.33. The minimum absolute atomic E-state index is 0.731. The van der Waals surface area contributed by atoms with Gasteiger partial charge >= 0.3 is 0 Å². The molecule has 1 N–H and O–H groups in total. The Morgan fingerprint density at radius 2 is 1.95 bits per heavy atom. The van der Waals surface area contributed by atoms with E-state index in [4.69, 9.17) is 16.3 Å². The molecular weight excluding hydrogens is 320 g/mol. The van der Waals surface area contributed by atoms with Crippen molar-refractivity contribution in [3.05, 3.63) is 29.3 Å². The van der Waals surface area contributed by atoms with E-state index >= 15 is 0 Å². The molecule has 3 rings (SSSR count). The lowest BCUT2D eigenvalue weighted by molar-refractivity contribution is 0.0378. The molecule has 22 heavy (non-hydrogen) atoms. The average Bonchev–Trinajstić information content (AvgIpc) is 3.02. The van der Waals surface area contributed by atoms with Crippen molar-refractivity contribution in [2.24, 2.45) is 0 Å². The summed E-state index contributed by atoms with van der Waals surface area (Å²) in [5.74, 6) is 0. The number of ether oxygens (including phenoxy) is 1. The Morgan fingerprint density at radius 3 is 2.73 bits per heavy atom. The van der Waals surface area contributed by atoms with Crippen LogP contribution in [0.3, 0.4) is 0 Å². The monoisotopic (exact) mass is 338 g/mol. The number of benzene rings is 1. The van der Waals surface area contributed by atoms with E-state index in [2.05, 4.69) is 20.4 Å². The molecule has 1 aliphatic rings. The van der Waals surface area contributed by atoms with Gasteiger partial charge in [0, 0.05) is 30.2 Å². The fourth-order valence-corrected chi connectivity index (χ4v) is 3.23. The molecule has 0 bridgehead atoms. The van der Waals surface area contributed by atoms with E-state index in [0.717, 1.165) is 66.5 Å². The van der Waals surface area contributed by atoms with Crippen LogP contribution in [0.15, 0.2) is 24.3 Å². The molecule has 1 fully saturated rings. The molecule has 0 saturated carbocycles. The van der Waals surface area contributed by atoms with Crippen LogP contribution in [0.5, 0.6) is 0 Å². The minimum atomic E-state index is 0.731. The second-order valence-electron chi connectivity index (χ2n) is 5.15. The van der Waals surface area contributed by atoms with Gasteiger partial charge in [-0.1, -0.05) is 35.1 Å². The molecule has 0 aliphatic carbocycles. The molecule has 2 heterocycles. The molecule has 7 heteroatoms. The minimum Gasteiger partial charge on any atom is -0.379 e. The third-order valence-electron chi connectivity index (χ3n) is 3.55. The van der Waals surface area contributed by atoms with E-state index in [-0.39, 0.29) is 0 Å². The summed E-state index contributed by atoms with van der Waals surface area (Å²) >= 11 is 7.46. The number of hydrogen-bond donors (Lipinski definition) is 1. The van der Waals surface area contributed by atoms with E-state index in [9.17, 15) is 0 Å². The van der Waals surface area contributed by atoms with Gasteiger partial charge in [-0.15, -0.1) is 10.2 Å². The largest absolute Gasteiger partial charge is 0.379 e. The molecule has 0 spiro atoms. The van der Waals surface area contributed by atoms with Crippen LogP contribution >= 0.6 is 22.9 Å². The van der Waals surface area contributed by atoms with Gasteiger partial charge < -0.3 is 10.1 Å². The third kappa shape index (κ3) is 4.39. The lowest BCUT2D eigenvalue weighted by Gasteiger charge is -2.26. The number of nitrogens with zero attached hydrogens (tertiary/aromatic N) is 3. The normalized spacial score (nSPS) is 15.9. The lowest BCUT2D eigenvalue weighted by atomic mass is 10.2. The van der Waals surface area contributed by atoms with E-state index in [1.165, 1.54) is 0 Å². The first-order chi connectivity index (χ1) is 10.8. The van der Waals surface area contributed by atoms with Gasteiger partial charge in [0.1, 0.15) is 5.01 Å². The number of anilines is 1. The van der Waals surface area contributed by atoms with Crippen molar-refractivity contribution in [3.63, 3.8) is 0 Å².